The second-order valence-electron chi connectivity index (χ2n) is 3.22. The summed E-state index contributed by atoms with van der Waals surface area (Å²) in [6, 6.07) is 3.84. The van der Waals surface area contributed by atoms with E-state index in [9.17, 15) is 4.79 Å². The smallest absolute Gasteiger partial charge is 0.273 e. The highest BCUT2D eigenvalue weighted by Crippen LogP contribution is 1.96. The maximum atomic E-state index is 11.4. The number of aromatic amines is 1. The van der Waals surface area contributed by atoms with Gasteiger partial charge in [0.05, 0.1) is 6.20 Å². The SMILES string of the molecule is O=C(NCCc1cccnc1)c1cn[nH]n1. The third-order valence-corrected chi connectivity index (χ3v) is 2.07. The molecule has 2 aromatic rings. The van der Waals surface area contributed by atoms with Gasteiger partial charge in [0.2, 0.25) is 0 Å². The third-order valence-electron chi connectivity index (χ3n) is 2.07. The van der Waals surface area contributed by atoms with E-state index in [-0.39, 0.29) is 5.91 Å². The lowest BCUT2D eigenvalue weighted by Crippen LogP contribution is -2.26. The molecule has 0 saturated heterocycles. The van der Waals surface area contributed by atoms with Crippen LogP contribution in [-0.2, 0) is 6.42 Å². The second kappa shape index (κ2) is 5.01. The lowest BCUT2D eigenvalue weighted by atomic mass is 10.2. The fourth-order valence-corrected chi connectivity index (χ4v) is 1.27. The summed E-state index contributed by atoms with van der Waals surface area (Å²) in [5.74, 6) is -0.224. The Kier molecular flexibility index (Phi) is 3.22. The van der Waals surface area contributed by atoms with Crippen LogP contribution >= 0.6 is 0 Å². The molecule has 0 atom stereocenters. The van der Waals surface area contributed by atoms with Crippen molar-refractivity contribution in [3.63, 3.8) is 0 Å². The summed E-state index contributed by atoms with van der Waals surface area (Å²) in [6.45, 7) is 0.553. The molecule has 0 radical (unpaired) electrons. The van der Waals surface area contributed by atoms with E-state index in [4.69, 9.17) is 0 Å². The van der Waals surface area contributed by atoms with Crippen LogP contribution in [0.15, 0.2) is 30.7 Å². The molecule has 16 heavy (non-hydrogen) atoms. The Balaban J connectivity index is 1.79. The van der Waals surface area contributed by atoms with E-state index < -0.39 is 0 Å². The zero-order valence-electron chi connectivity index (χ0n) is 8.55. The van der Waals surface area contributed by atoms with E-state index in [0.29, 0.717) is 12.2 Å². The van der Waals surface area contributed by atoms with Gasteiger partial charge in [0.25, 0.3) is 5.91 Å². The van der Waals surface area contributed by atoms with Gasteiger partial charge in [-0.3, -0.25) is 9.78 Å². The maximum absolute atomic E-state index is 11.4. The van der Waals surface area contributed by atoms with Gasteiger partial charge >= 0.3 is 0 Å². The van der Waals surface area contributed by atoms with Gasteiger partial charge in [-0.25, -0.2) is 0 Å². The molecule has 0 aromatic carbocycles. The number of amides is 1. The number of pyridine rings is 1. The number of nitrogens with zero attached hydrogens (tertiary/aromatic N) is 3. The van der Waals surface area contributed by atoms with Crippen LogP contribution in [0.25, 0.3) is 0 Å². The van der Waals surface area contributed by atoms with Crippen molar-refractivity contribution in [3.8, 4) is 0 Å². The summed E-state index contributed by atoms with van der Waals surface area (Å²) in [7, 11) is 0. The van der Waals surface area contributed by atoms with Crippen molar-refractivity contribution in [2.24, 2.45) is 0 Å². The van der Waals surface area contributed by atoms with E-state index in [0.717, 1.165) is 12.0 Å². The maximum Gasteiger partial charge on any atom is 0.273 e. The van der Waals surface area contributed by atoms with Crippen LogP contribution in [0.1, 0.15) is 16.1 Å². The predicted molar refractivity (Wildman–Crippen MR) is 56.7 cm³/mol. The van der Waals surface area contributed by atoms with Gasteiger partial charge in [-0.2, -0.15) is 15.4 Å². The number of rotatable bonds is 4. The highest BCUT2D eigenvalue weighted by molar-refractivity contribution is 5.91. The lowest BCUT2D eigenvalue weighted by molar-refractivity contribution is 0.0949. The molecule has 2 rings (SSSR count). The molecule has 0 aliphatic carbocycles. The minimum absolute atomic E-state index is 0.224. The van der Waals surface area contributed by atoms with Gasteiger partial charge in [-0.05, 0) is 18.1 Å². The monoisotopic (exact) mass is 217 g/mol. The van der Waals surface area contributed by atoms with Gasteiger partial charge < -0.3 is 5.32 Å². The lowest BCUT2D eigenvalue weighted by Gasteiger charge is -2.02. The Morgan fingerprint density at radius 2 is 2.38 bits per heavy atom. The molecule has 6 heteroatoms. The average molecular weight is 217 g/mol. The van der Waals surface area contributed by atoms with Crippen molar-refractivity contribution < 1.29 is 4.79 Å². The fraction of sp³-hybridized carbons (Fsp3) is 0.200. The molecule has 0 saturated carbocycles. The largest absolute Gasteiger partial charge is 0.350 e. The van der Waals surface area contributed by atoms with Gasteiger partial charge in [0, 0.05) is 18.9 Å². The van der Waals surface area contributed by atoms with Crippen molar-refractivity contribution >= 4 is 5.91 Å². The summed E-state index contributed by atoms with van der Waals surface area (Å²) in [5.41, 5.74) is 1.38. The highest BCUT2D eigenvalue weighted by Gasteiger charge is 2.06. The quantitative estimate of drug-likeness (QED) is 0.764. The van der Waals surface area contributed by atoms with Crippen LogP contribution in [0, 0.1) is 0 Å². The van der Waals surface area contributed by atoms with Crippen LogP contribution in [0.3, 0.4) is 0 Å². The third kappa shape index (κ3) is 2.63. The molecule has 0 fully saturated rings. The Morgan fingerprint density at radius 1 is 1.44 bits per heavy atom. The minimum Gasteiger partial charge on any atom is -0.350 e. The predicted octanol–water partition coefficient (Wildman–Crippen LogP) is 0.172. The average Bonchev–Trinajstić information content (AvgIpc) is 2.84. The number of hydrogen-bond donors (Lipinski definition) is 2. The topological polar surface area (TPSA) is 83.6 Å². The second-order valence-corrected chi connectivity index (χ2v) is 3.22. The molecule has 0 spiro atoms. The fourth-order valence-electron chi connectivity index (χ4n) is 1.27. The minimum atomic E-state index is -0.224. The molecule has 6 nitrogen and oxygen atoms in total. The molecule has 0 aliphatic rings. The van der Waals surface area contributed by atoms with Crippen molar-refractivity contribution in [3.05, 3.63) is 42.0 Å². The first kappa shape index (κ1) is 10.3. The normalized spacial score (nSPS) is 10.0. The molecular formula is C10H11N5O. The van der Waals surface area contributed by atoms with Crippen LogP contribution < -0.4 is 5.32 Å². The Bertz CT molecular complexity index is 439. The van der Waals surface area contributed by atoms with Crippen molar-refractivity contribution in [1.82, 2.24) is 25.7 Å². The van der Waals surface area contributed by atoms with Crippen molar-refractivity contribution in [1.29, 1.82) is 0 Å². The van der Waals surface area contributed by atoms with E-state index in [1.54, 1.807) is 12.4 Å². The van der Waals surface area contributed by atoms with Gasteiger partial charge in [-0.15, -0.1) is 0 Å². The summed E-state index contributed by atoms with van der Waals surface area (Å²) in [4.78, 5) is 15.4. The molecule has 2 aromatic heterocycles. The zero-order valence-corrected chi connectivity index (χ0v) is 8.55. The molecule has 0 aliphatic heterocycles. The summed E-state index contributed by atoms with van der Waals surface area (Å²) in [5, 5.41) is 12.4. The molecule has 1 amide bonds. The van der Waals surface area contributed by atoms with Crippen molar-refractivity contribution in [2.75, 3.05) is 6.54 Å². The summed E-state index contributed by atoms with van der Waals surface area (Å²) < 4.78 is 0. The molecule has 0 unspecified atom stereocenters. The van der Waals surface area contributed by atoms with E-state index in [1.807, 2.05) is 12.1 Å². The Labute approximate surface area is 92.1 Å². The summed E-state index contributed by atoms with van der Waals surface area (Å²) in [6.07, 6.45) is 5.64. The van der Waals surface area contributed by atoms with Crippen LogP contribution in [-0.4, -0.2) is 32.8 Å². The van der Waals surface area contributed by atoms with Gasteiger partial charge in [0.1, 0.15) is 0 Å². The standard InChI is InChI=1S/C10H11N5O/c16-10(9-7-13-15-14-9)12-5-3-8-2-1-4-11-6-8/h1-2,4,6-7H,3,5H2,(H,12,16)(H,13,14,15). The Hall–Kier alpha value is -2.24. The molecule has 82 valence electrons. The first-order chi connectivity index (χ1) is 7.86. The molecule has 2 N–H and O–H groups in total. The first-order valence-electron chi connectivity index (χ1n) is 4.89. The number of carbonyl (C=O) groups excluding carboxylic acids is 1. The number of carbonyl (C=O) groups is 1. The number of nitrogens with one attached hydrogen (secondary N) is 2. The van der Waals surface area contributed by atoms with E-state index >= 15 is 0 Å². The highest BCUT2D eigenvalue weighted by atomic mass is 16.1. The van der Waals surface area contributed by atoms with E-state index in [1.165, 1.54) is 6.20 Å². The molecule has 0 bridgehead atoms. The van der Waals surface area contributed by atoms with Crippen LogP contribution in [0.2, 0.25) is 0 Å². The first-order valence-corrected chi connectivity index (χ1v) is 4.89. The Morgan fingerprint density at radius 3 is 3.06 bits per heavy atom. The number of hydrogen-bond acceptors (Lipinski definition) is 4. The van der Waals surface area contributed by atoms with Crippen molar-refractivity contribution in [2.45, 2.75) is 6.42 Å². The van der Waals surface area contributed by atoms with Crippen LogP contribution in [0.4, 0.5) is 0 Å². The van der Waals surface area contributed by atoms with Gasteiger partial charge in [0.15, 0.2) is 5.69 Å². The van der Waals surface area contributed by atoms with Crippen LogP contribution in [0.5, 0.6) is 0 Å². The summed E-state index contributed by atoms with van der Waals surface area (Å²) >= 11 is 0. The molecular weight excluding hydrogens is 206 g/mol. The number of aromatic nitrogens is 4. The zero-order chi connectivity index (χ0) is 11.2. The van der Waals surface area contributed by atoms with E-state index in [2.05, 4.69) is 25.7 Å². The van der Waals surface area contributed by atoms with Gasteiger partial charge in [-0.1, -0.05) is 6.07 Å². The molecule has 2 heterocycles. The number of H-pyrrole nitrogens is 1.